The molecule has 1 aliphatic rings. The minimum absolute atomic E-state index is 0.0239. The van der Waals surface area contributed by atoms with Crippen LogP contribution in [0.1, 0.15) is 30.0 Å². The Morgan fingerprint density at radius 3 is 2.70 bits per heavy atom. The number of benzene rings is 1. The van der Waals surface area contributed by atoms with Crippen LogP contribution in [-0.4, -0.2) is 37.7 Å². The molecule has 0 bridgehead atoms. The largest absolute Gasteiger partial charge is 0.479 e. The number of anilines is 2. The van der Waals surface area contributed by atoms with E-state index in [0.29, 0.717) is 39.6 Å². The van der Waals surface area contributed by atoms with Gasteiger partial charge in [-0.05, 0) is 39.2 Å². The number of nitrogens with one attached hydrogen (secondary N) is 1. The summed E-state index contributed by atoms with van der Waals surface area (Å²) in [4.78, 5) is 25.3. The molecular weight excluding hydrogens is 366 g/mol. The zero-order valence-electron chi connectivity index (χ0n) is 15.2. The van der Waals surface area contributed by atoms with Gasteiger partial charge in [-0.1, -0.05) is 5.16 Å². The Hall–Kier alpha value is -2.94. The summed E-state index contributed by atoms with van der Waals surface area (Å²) in [6, 6.07) is 5.33. The second-order valence-electron chi connectivity index (χ2n) is 6.54. The Morgan fingerprint density at radius 1 is 1.19 bits per heavy atom. The third-order valence-electron chi connectivity index (χ3n) is 4.10. The predicted octanol–water partition coefficient (Wildman–Crippen LogP) is 3.65. The first kappa shape index (κ1) is 17.5. The van der Waals surface area contributed by atoms with Crippen LogP contribution in [0.25, 0.3) is 11.5 Å². The van der Waals surface area contributed by atoms with Gasteiger partial charge in [-0.3, -0.25) is 4.79 Å². The number of ether oxygens (including phenoxy) is 1. The molecule has 0 unspecified atom stereocenters. The van der Waals surface area contributed by atoms with Gasteiger partial charge in [0.25, 0.3) is 5.89 Å². The highest BCUT2D eigenvalue weighted by molar-refractivity contribution is 7.98. The average Bonchev–Trinajstić information content (AvgIpc) is 3.15. The lowest BCUT2D eigenvalue weighted by molar-refractivity contribution is 0.0684. The van der Waals surface area contributed by atoms with Crippen LogP contribution in [0.5, 0.6) is 5.75 Å². The first-order chi connectivity index (χ1) is 12.9. The van der Waals surface area contributed by atoms with Crippen molar-refractivity contribution in [2.24, 2.45) is 0 Å². The van der Waals surface area contributed by atoms with Gasteiger partial charge in [-0.15, -0.1) is 11.8 Å². The SMILES string of the molecule is CSc1nc(Nc2ccc3c(c2)OC(C)(C)C3=O)ncc1-c1nc(C)no1. The highest BCUT2D eigenvalue weighted by Crippen LogP contribution is 2.37. The van der Waals surface area contributed by atoms with Crippen molar-refractivity contribution in [1.29, 1.82) is 0 Å². The van der Waals surface area contributed by atoms with Gasteiger partial charge in [0.15, 0.2) is 11.4 Å². The number of fused-ring (bicyclic) bond motifs is 1. The normalized spacial score (nSPS) is 14.7. The summed E-state index contributed by atoms with van der Waals surface area (Å²) in [5.41, 5.74) is 1.15. The van der Waals surface area contributed by atoms with Gasteiger partial charge in [-0.2, -0.15) is 4.98 Å². The number of aryl methyl sites for hydroxylation is 1. The molecule has 0 saturated carbocycles. The van der Waals surface area contributed by atoms with E-state index in [9.17, 15) is 4.79 Å². The summed E-state index contributed by atoms with van der Waals surface area (Å²) in [6.45, 7) is 5.27. The van der Waals surface area contributed by atoms with Crippen LogP contribution in [0.4, 0.5) is 11.6 Å². The predicted molar refractivity (Wildman–Crippen MR) is 101 cm³/mol. The fourth-order valence-corrected chi connectivity index (χ4v) is 3.32. The van der Waals surface area contributed by atoms with E-state index in [-0.39, 0.29) is 5.78 Å². The van der Waals surface area contributed by atoms with Crippen molar-refractivity contribution in [1.82, 2.24) is 20.1 Å². The summed E-state index contributed by atoms with van der Waals surface area (Å²) < 4.78 is 11.0. The number of aromatic nitrogens is 4. The lowest BCUT2D eigenvalue weighted by Gasteiger charge is -2.15. The highest BCUT2D eigenvalue weighted by Gasteiger charge is 2.39. The van der Waals surface area contributed by atoms with E-state index in [0.717, 1.165) is 5.69 Å². The lowest BCUT2D eigenvalue weighted by Crippen LogP contribution is -2.31. The van der Waals surface area contributed by atoms with Crippen LogP contribution in [0, 0.1) is 6.92 Å². The molecule has 27 heavy (non-hydrogen) atoms. The van der Waals surface area contributed by atoms with Gasteiger partial charge in [0.2, 0.25) is 11.7 Å². The van der Waals surface area contributed by atoms with E-state index in [1.807, 2.05) is 6.26 Å². The molecule has 0 atom stereocenters. The summed E-state index contributed by atoms with van der Waals surface area (Å²) in [7, 11) is 0. The van der Waals surface area contributed by atoms with E-state index >= 15 is 0 Å². The van der Waals surface area contributed by atoms with Crippen molar-refractivity contribution >= 4 is 29.2 Å². The van der Waals surface area contributed by atoms with E-state index in [1.165, 1.54) is 11.8 Å². The molecule has 8 nitrogen and oxygen atoms in total. The minimum Gasteiger partial charge on any atom is -0.479 e. The van der Waals surface area contributed by atoms with Gasteiger partial charge >= 0.3 is 0 Å². The Bertz CT molecular complexity index is 1050. The maximum absolute atomic E-state index is 12.3. The minimum atomic E-state index is -0.840. The van der Waals surface area contributed by atoms with Crippen LogP contribution in [0.2, 0.25) is 0 Å². The van der Waals surface area contributed by atoms with Gasteiger partial charge in [0.1, 0.15) is 10.8 Å². The van der Waals surface area contributed by atoms with Crippen molar-refractivity contribution in [2.45, 2.75) is 31.4 Å². The van der Waals surface area contributed by atoms with E-state index < -0.39 is 5.60 Å². The summed E-state index contributed by atoms with van der Waals surface area (Å²) in [5, 5.41) is 7.66. The molecule has 2 aromatic heterocycles. The highest BCUT2D eigenvalue weighted by atomic mass is 32.2. The molecule has 1 aliphatic heterocycles. The second kappa shape index (κ2) is 6.34. The van der Waals surface area contributed by atoms with Gasteiger partial charge in [0, 0.05) is 18.0 Å². The molecule has 3 heterocycles. The third kappa shape index (κ3) is 3.14. The molecule has 0 saturated heterocycles. The van der Waals surface area contributed by atoms with Crippen molar-refractivity contribution in [3.8, 4) is 17.2 Å². The topological polar surface area (TPSA) is 103 Å². The standard InChI is InChI=1S/C18H17N5O3S/c1-9-20-15(26-23-9)12-8-19-17(22-16(12)27-4)21-10-5-6-11-13(7-10)25-18(2,3)14(11)24/h5-8H,1-4H3,(H,19,21,22). The Labute approximate surface area is 159 Å². The summed E-state index contributed by atoms with van der Waals surface area (Å²) >= 11 is 1.46. The van der Waals surface area contributed by atoms with Crippen LogP contribution in [0.3, 0.4) is 0 Å². The van der Waals surface area contributed by atoms with E-state index in [1.54, 1.807) is 45.2 Å². The lowest BCUT2D eigenvalue weighted by atomic mass is 10.00. The third-order valence-corrected chi connectivity index (χ3v) is 4.80. The number of Topliss-reactive ketones (excluding diaryl/α,β-unsaturated/α-hetero) is 1. The van der Waals surface area contributed by atoms with Crippen LogP contribution in [0.15, 0.2) is 33.9 Å². The smallest absolute Gasteiger partial charge is 0.262 e. The van der Waals surface area contributed by atoms with Crippen molar-refractivity contribution in [3.63, 3.8) is 0 Å². The number of nitrogens with zero attached hydrogens (tertiary/aromatic N) is 4. The zero-order chi connectivity index (χ0) is 19.2. The molecular formula is C18H17N5O3S. The molecule has 138 valence electrons. The number of ketones is 1. The molecule has 1 N–H and O–H groups in total. The zero-order valence-corrected chi connectivity index (χ0v) is 16.0. The first-order valence-electron chi connectivity index (χ1n) is 8.24. The van der Waals surface area contributed by atoms with Gasteiger partial charge in [0.05, 0.1) is 11.1 Å². The number of carbonyl (C=O) groups is 1. The maximum atomic E-state index is 12.3. The fourth-order valence-electron chi connectivity index (χ4n) is 2.78. The first-order valence-corrected chi connectivity index (χ1v) is 9.46. The number of carbonyl (C=O) groups excluding carboxylic acids is 1. The molecule has 9 heteroatoms. The molecule has 3 aromatic rings. The molecule has 0 fully saturated rings. The Balaban J connectivity index is 1.62. The molecule has 4 rings (SSSR count). The Morgan fingerprint density at radius 2 is 2.00 bits per heavy atom. The molecule has 0 aliphatic carbocycles. The molecule has 0 spiro atoms. The Kier molecular flexibility index (Phi) is 4.11. The fraction of sp³-hybridized carbons (Fsp3) is 0.278. The number of thioether (sulfide) groups is 1. The number of hydrogen-bond acceptors (Lipinski definition) is 9. The van der Waals surface area contributed by atoms with Crippen molar-refractivity contribution < 1.29 is 14.1 Å². The van der Waals surface area contributed by atoms with E-state index in [2.05, 4.69) is 25.4 Å². The van der Waals surface area contributed by atoms with Crippen molar-refractivity contribution in [3.05, 3.63) is 35.8 Å². The van der Waals surface area contributed by atoms with Crippen LogP contribution < -0.4 is 10.1 Å². The summed E-state index contributed by atoms with van der Waals surface area (Å²) in [6.07, 6.45) is 3.56. The number of hydrogen-bond donors (Lipinski definition) is 1. The van der Waals surface area contributed by atoms with Gasteiger partial charge in [-0.25, -0.2) is 9.97 Å². The second-order valence-corrected chi connectivity index (χ2v) is 7.34. The van der Waals surface area contributed by atoms with Gasteiger partial charge < -0.3 is 14.6 Å². The quantitative estimate of drug-likeness (QED) is 0.534. The molecule has 0 radical (unpaired) electrons. The summed E-state index contributed by atoms with van der Waals surface area (Å²) in [5.74, 6) is 1.88. The molecule has 1 aromatic carbocycles. The van der Waals surface area contributed by atoms with Crippen LogP contribution >= 0.6 is 11.8 Å². The monoisotopic (exact) mass is 383 g/mol. The van der Waals surface area contributed by atoms with E-state index in [4.69, 9.17) is 9.26 Å². The van der Waals surface area contributed by atoms with Crippen LogP contribution in [-0.2, 0) is 0 Å². The molecule has 0 amide bonds. The number of rotatable bonds is 4. The van der Waals surface area contributed by atoms with Crippen molar-refractivity contribution in [2.75, 3.05) is 11.6 Å². The maximum Gasteiger partial charge on any atom is 0.262 e. The average molecular weight is 383 g/mol.